The Hall–Kier alpha value is -3.74. The van der Waals surface area contributed by atoms with Crippen LogP contribution >= 0.6 is 12.2 Å². The monoisotopic (exact) mass is 633 g/mol. The molecular formula is C33H40FN7O3S. The maximum atomic E-state index is 14.9. The van der Waals surface area contributed by atoms with Gasteiger partial charge in [0.05, 0.1) is 28.7 Å². The Labute approximate surface area is 267 Å². The lowest BCUT2D eigenvalue weighted by molar-refractivity contribution is -0.134. The average Bonchev–Trinajstić information content (AvgIpc) is 3.08. The summed E-state index contributed by atoms with van der Waals surface area (Å²) in [6.07, 6.45) is 2.70. The number of hydrogen-bond donors (Lipinski definition) is 1. The largest absolute Gasteiger partial charge is 0.369 e. The fraction of sp³-hybridized carbons (Fsp3) is 0.485. The maximum absolute atomic E-state index is 14.9. The highest BCUT2D eigenvalue weighted by molar-refractivity contribution is 7.78. The van der Waals surface area contributed by atoms with Crippen LogP contribution in [0, 0.1) is 11.7 Å². The third kappa shape index (κ3) is 7.40. The minimum Gasteiger partial charge on any atom is -0.369 e. The molecule has 6 rings (SSSR count). The maximum Gasteiger partial charge on any atom is 0.272 e. The van der Waals surface area contributed by atoms with Gasteiger partial charge in [-0.1, -0.05) is 36.5 Å². The van der Waals surface area contributed by atoms with E-state index in [2.05, 4.69) is 24.9 Å². The summed E-state index contributed by atoms with van der Waals surface area (Å²) in [5.74, 6) is -0.171. The van der Waals surface area contributed by atoms with Crippen molar-refractivity contribution < 1.29 is 14.0 Å². The molecule has 2 amide bonds. The molecule has 0 bridgehead atoms. The van der Waals surface area contributed by atoms with E-state index in [0.717, 1.165) is 56.8 Å². The molecule has 0 radical (unpaired) electrons. The van der Waals surface area contributed by atoms with Crippen LogP contribution in [0.1, 0.15) is 34.5 Å². The van der Waals surface area contributed by atoms with Gasteiger partial charge in [0, 0.05) is 83.8 Å². The standard InChI is InChI=1S/C33H40FN7O3S/c34-29-6-5-25(20-30-26-3-1-2-4-27(26)32(43)36-35-30)19-28(29)33(44)41-17-15-40(16-18-41)31(42)22-38-13-11-37(12-14-38)21-24-7-9-39(23-45)10-8-24/h1-6,19,23-24H,7-18,20-22H2,(H,36,43). The Balaban J connectivity index is 0.981. The highest BCUT2D eigenvalue weighted by Gasteiger charge is 2.29. The van der Waals surface area contributed by atoms with Gasteiger partial charge in [-0.15, -0.1) is 0 Å². The minimum atomic E-state index is -0.582. The quantitative estimate of drug-likeness (QED) is 0.378. The molecule has 45 heavy (non-hydrogen) atoms. The third-order valence-electron chi connectivity index (χ3n) is 9.47. The van der Waals surface area contributed by atoms with Crippen LogP contribution in [-0.4, -0.2) is 131 Å². The number of thiocarbonyl (C=S) groups is 1. The molecular weight excluding hydrogens is 593 g/mol. The number of halogens is 1. The molecule has 12 heteroatoms. The lowest BCUT2D eigenvalue weighted by Crippen LogP contribution is -2.55. The summed E-state index contributed by atoms with van der Waals surface area (Å²) in [7, 11) is 0. The number of benzene rings is 2. The molecule has 0 saturated carbocycles. The minimum absolute atomic E-state index is 0.00291. The van der Waals surface area contributed by atoms with E-state index in [4.69, 9.17) is 12.2 Å². The van der Waals surface area contributed by atoms with Crippen LogP contribution in [-0.2, 0) is 11.2 Å². The van der Waals surface area contributed by atoms with Crippen molar-refractivity contribution >= 4 is 40.3 Å². The summed E-state index contributed by atoms with van der Waals surface area (Å²) < 4.78 is 14.9. The first-order valence-electron chi connectivity index (χ1n) is 15.8. The zero-order valence-electron chi connectivity index (χ0n) is 25.5. The number of aromatic nitrogens is 2. The number of hydrogen-bond acceptors (Lipinski definition) is 7. The first kappa shape index (κ1) is 31.3. The van der Waals surface area contributed by atoms with Crippen LogP contribution in [0.3, 0.4) is 0 Å². The van der Waals surface area contributed by atoms with Crippen molar-refractivity contribution in [3.63, 3.8) is 0 Å². The van der Waals surface area contributed by atoms with Crippen LogP contribution in [0.4, 0.5) is 4.39 Å². The van der Waals surface area contributed by atoms with Gasteiger partial charge in [0.2, 0.25) is 5.91 Å². The predicted octanol–water partition coefficient (Wildman–Crippen LogP) is 2.22. The SMILES string of the molecule is O=C(CN1CCN(CC2CCN(C=S)CC2)CC1)N1CCN(C(=O)c2cc(Cc3n[nH]c(=O)c4ccccc34)ccc2F)CC1. The molecule has 0 spiro atoms. The number of H-pyrrole nitrogens is 1. The van der Waals surface area contributed by atoms with Crippen molar-refractivity contribution in [2.45, 2.75) is 19.3 Å². The molecule has 238 valence electrons. The van der Waals surface area contributed by atoms with E-state index in [9.17, 15) is 18.8 Å². The number of piperazine rings is 2. The smallest absolute Gasteiger partial charge is 0.272 e. The van der Waals surface area contributed by atoms with Crippen LogP contribution in [0.2, 0.25) is 0 Å². The molecule has 3 aromatic rings. The summed E-state index contributed by atoms with van der Waals surface area (Å²) in [6.45, 7) is 8.89. The van der Waals surface area contributed by atoms with E-state index >= 15 is 0 Å². The molecule has 1 aromatic heterocycles. The number of fused-ring (bicyclic) bond motifs is 1. The number of amides is 2. The molecule has 3 saturated heterocycles. The normalized spacial score (nSPS) is 18.8. The summed E-state index contributed by atoms with van der Waals surface area (Å²) >= 11 is 5.06. The molecule has 2 aromatic carbocycles. The van der Waals surface area contributed by atoms with E-state index in [1.807, 2.05) is 17.0 Å². The number of rotatable bonds is 8. The zero-order chi connectivity index (χ0) is 31.3. The second-order valence-electron chi connectivity index (χ2n) is 12.4. The summed E-state index contributed by atoms with van der Waals surface area (Å²) in [4.78, 5) is 49.1. The van der Waals surface area contributed by atoms with E-state index in [-0.39, 0.29) is 22.9 Å². The number of likely N-dealkylation sites (tertiary alicyclic amines) is 1. The number of nitrogens with zero attached hydrogens (tertiary/aromatic N) is 6. The number of carbonyl (C=O) groups is 2. The van der Waals surface area contributed by atoms with E-state index < -0.39 is 5.82 Å². The Morgan fingerprint density at radius 2 is 1.56 bits per heavy atom. The van der Waals surface area contributed by atoms with Crippen molar-refractivity contribution in [1.29, 1.82) is 0 Å². The van der Waals surface area contributed by atoms with Crippen LogP contribution in [0.5, 0.6) is 0 Å². The van der Waals surface area contributed by atoms with E-state index in [0.29, 0.717) is 56.1 Å². The Bertz CT molecular complexity index is 1590. The number of nitrogens with one attached hydrogen (secondary N) is 1. The highest BCUT2D eigenvalue weighted by atomic mass is 32.1. The molecule has 3 aliphatic rings. The van der Waals surface area contributed by atoms with Gasteiger partial charge in [0.1, 0.15) is 5.82 Å². The van der Waals surface area contributed by atoms with Crippen LogP contribution in [0.25, 0.3) is 10.8 Å². The van der Waals surface area contributed by atoms with E-state index in [1.165, 1.54) is 18.9 Å². The van der Waals surface area contributed by atoms with Crippen molar-refractivity contribution in [3.8, 4) is 0 Å². The van der Waals surface area contributed by atoms with Crippen molar-refractivity contribution in [2.24, 2.45) is 5.92 Å². The fourth-order valence-corrected chi connectivity index (χ4v) is 6.91. The van der Waals surface area contributed by atoms with Gasteiger partial charge in [0.25, 0.3) is 11.5 Å². The summed E-state index contributed by atoms with van der Waals surface area (Å²) in [5.41, 5.74) is 2.88. The van der Waals surface area contributed by atoms with Gasteiger partial charge in [0.15, 0.2) is 0 Å². The van der Waals surface area contributed by atoms with Gasteiger partial charge in [-0.05, 0) is 42.5 Å². The van der Waals surface area contributed by atoms with E-state index in [1.54, 1.807) is 34.7 Å². The van der Waals surface area contributed by atoms with Gasteiger partial charge < -0.3 is 19.6 Å². The zero-order valence-corrected chi connectivity index (χ0v) is 26.3. The van der Waals surface area contributed by atoms with Gasteiger partial charge in [-0.25, -0.2) is 9.49 Å². The van der Waals surface area contributed by atoms with Gasteiger partial charge in [-0.2, -0.15) is 5.10 Å². The average molecular weight is 634 g/mol. The topological polar surface area (TPSA) is 96.1 Å². The molecule has 0 aliphatic carbocycles. The number of piperidine rings is 1. The summed E-state index contributed by atoms with van der Waals surface area (Å²) in [6, 6.07) is 11.7. The fourth-order valence-electron chi connectivity index (χ4n) is 6.70. The predicted molar refractivity (Wildman–Crippen MR) is 175 cm³/mol. The molecule has 0 unspecified atom stereocenters. The van der Waals surface area contributed by atoms with Crippen molar-refractivity contribution in [3.05, 3.63) is 75.5 Å². The molecule has 3 fully saturated rings. The second kappa shape index (κ2) is 14.1. The van der Waals surface area contributed by atoms with Gasteiger partial charge >= 0.3 is 0 Å². The molecule has 10 nitrogen and oxygen atoms in total. The van der Waals surface area contributed by atoms with Crippen LogP contribution < -0.4 is 5.56 Å². The highest BCUT2D eigenvalue weighted by Crippen LogP contribution is 2.21. The molecule has 1 N–H and O–H groups in total. The summed E-state index contributed by atoms with van der Waals surface area (Å²) in [5, 5.41) is 7.99. The molecule has 0 atom stereocenters. The molecule has 3 aliphatic heterocycles. The Kier molecular flexibility index (Phi) is 9.82. The Morgan fingerprint density at radius 1 is 0.889 bits per heavy atom. The third-order valence-corrected chi connectivity index (χ3v) is 9.76. The second-order valence-corrected chi connectivity index (χ2v) is 12.6. The van der Waals surface area contributed by atoms with Crippen LogP contribution in [0.15, 0.2) is 47.3 Å². The lowest BCUT2D eigenvalue weighted by Gasteiger charge is -2.39. The lowest BCUT2D eigenvalue weighted by atomic mass is 9.96. The number of aromatic amines is 1. The first-order chi connectivity index (χ1) is 21.9. The van der Waals surface area contributed by atoms with Crippen molar-refractivity contribution in [1.82, 2.24) is 34.7 Å². The van der Waals surface area contributed by atoms with Gasteiger partial charge in [-0.3, -0.25) is 19.3 Å². The molecule has 4 heterocycles. The first-order valence-corrected chi connectivity index (χ1v) is 16.3. The number of carbonyl (C=O) groups excluding carboxylic acids is 2. The van der Waals surface area contributed by atoms with Crippen molar-refractivity contribution in [2.75, 3.05) is 78.5 Å². The Morgan fingerprint density at radius 3 is 2.27 bits per heavy atom.